The van der Waals surface area contributed by atoms with Crippen LogP contribution in [0.4, 0.5) is 5.82 Å². The normalized spacial score (nSPS) is 25.4. The zero-order valence-corrected chi connectivity index (χ0v) is 17.5. The van der Waals surface area contributed by atoms with Gasteiger partial charge in [0.2, 0.25) is 5.91 Å². The highest BCUT2D eigenvalue weighted by molar-refractivity contribution is 7.99. The van der Waals surface area contributed by atoms with Gasteiger partial charge in [0, 0.05) is 40.6 Å². The third-order valence-corrected chi connectivity index (χ3v) is 6.86. The van der Waals surface area contributed by atoms with E-state index in [1.54, 1.807) is 18.0 Å². The van der Waals surface area contributed by atoms with Gasteiger partial charge in [-0.3, -0.25) is 14.5 Å². The maximum Gasteiger partial charge on any atom is 0.251 e. The molecule has 0 spiro atoms. The van der Waals surface area contributed by atoms with Crippen molar-refractivity contribution in [2.24, 2.45) is 5.92 Å². The lowest BCUT2D eigenvalue weighted by atomic mass is 9.79. The van der Waals surface area contributed by atoms with Gasteiger partial charge < -0.3 is 10.6 Å². The number of fused-ring (bicyclic) bond motifs is 3. The van der Waals surface area contributed by atoms with Crippen molar-refractivity contribution in [3.8, 4) is 0 Å². The summed E-state index contributed by atoms with van der Waals surface area (Å²) in [5.41, 5.74) is 0.687. The topological polar surface area (TPSA) is 74.3 Å². The van der Waals surface area contributed by atoms with Crippen LogP contribution in [0, 0.1) is 5.92 Å². The molecular formula is C22H26N4O2S. The van der Waals surface area contributed by atoms with Crippen molar-refractivity contribution in [3.05, 3.63) is 48.2 Å². The molecule has 2 amide bonds. The van der Waals surface area contributed by atoms with Gasteiger partial charge in [-0.15, -0.1) is 0 Å². The Morgan fingerprint density at radius 2 is 1.83 bits per heavy atom. The van der Waals surface area contributed by atoms with Gasteiger partial charge in [-0.1, -0.05) is 11.8 Å². The van der Waals surface area contributed by atoms with Gasteiger partial charge in [0.05, 0.1) is 0 Å². The maximum atomic E-state index is 12.8. The smallest absolute Gasteiger partial charge is 0.251 e. The van der Waals surface area contributed by atoms with Crippen LogP contribution in [-0.4, -0.2) is 46.9 Å². The molecule has 2 atom stereocenters. The molecule has 4 heterocycles. The molecule has 0 saturated carbocycles. The van der Waals surface area contributed by atoms with Gasteiger partial charge >= 0.3 is 0 Å². The Kier molecular flexibility index (Phi) is 5.87. The van der Waals surface area contributed by atoms with E-state index in [2.05, 4.69) is 27.4 Å². The Hall–Kier alpha value is -2.38. The second-order valence-corrected chi connectivity index (χ2v) is 8.94. The van der Waals surface area contributed by atoms with E-state index in [1.165, 1.54) is 19.8 Å². The molecule has 3 fully saturated rings. The Labute approximate surface area is 175 Å². The standard InChI is InChI=1S/C22H26N4O2S/c1-14-21(16-8-11-26(14)12-9-16)25-22(28)17-3-5-18(6-4-17)29-19-7-10-23-20(13-19)24-15(2)27/h3-7,10,13-14,16,21H,8-9,11-12H2,1-2H3,(H,25,28)(H,23,24,27)/t14-,21+/m1/s1. The number of hydrogen-bond acceptors (Lipinski definition) is 5. The Bertz CT molecular complexity index is 892. The molecular weight excluding hydrogens is 384 g/mol. The first-order valence-electron chi connectivity index (χ1n) is 10.1. The average Bonchev–Trinajstić information content (AvgIpc) is 2.71. The number of carbonyl (C=O) groups excluding carboxylic acids is 2. The molecule has 2 aromatic rings. The zero-order chi connectivity index (χ0) is 20.4. The van der Waals surface area contributed by atoms with Crippen LogP contribution < -0.4 is 10.6 Å². The first-order chi connectivity index (χ1) is 14.0. The molecule has 3 aliphatic rings. The van der Waals surface area contributed by atoms with E-state index in [0.29, 0.717) is 23.3 Å². The predicted molar refractivity (Wildman–Crippen MR) is 114 cm³/mol. The van der Waals surface area contributed by atoms with Crippen molar-refractivity contribution in [1.82, 2.24) is 15.2 Å². The second-order valence-electron chi connectivity index (χ2n) is 7.80. The van der Waals surface area contributed by atoms with Gasteiger partial charge in [0.15, 0.2) is 0 Å². The Morgan fingerprint density at radius 3 is 2.48 bits per heavy atom. The van der Waals surface area contributed by atoms with E-state index in [1.807, 2.05) is 36.4 Å². The molecule has 1 aromatic heterocycles. The van der Waals surface area contributed by atoms with Crippen molar-refractivity contribution in [2.45, 2.75) is 48.6 Å². The molecule has 2 N–H and O–H groups in total. The van der Waals surface area contributed by atoms with E-state index >= 15 is 0 Å². The van der Waals surface area contributed by atoms with E-state index in [4.69, 9.17) is 0 Å². The number of rotatable bonds is 5. The van der Waals surface area contributed by atoms with Crippen LogP contribution in [0.5, 0.6) is 0 Å². The quantitative estimate of drug-likeness (QED) is 0.790. The average molecular weight is 411 g/mol. The van der Waals surface area contributed by atoms with Crippen LogP contribution in [0.3, 0.4) is 0 Å². The number of nitrogens with one attached hydrogen (secondary N) is 2. The second kappa shape index (κ2) is 8.55. The van der Waals surface area contributed by atoms with Gasteiger partial charge in [-0.2, -0.15) is 0 Å². The zero-order valence-electron chi connectivity index (χ0n) is 16.7. The molecule has 5 rings (SSSR count). The summed E-state index contributed by atoms with van der Waals surface area (Å²) in [6.45, 7) is 5.99. The van der Waals surface area contributed by atoms with Crippen molar-refractivity contribution in [1.29, 1.82) is 0 Å². The fraction of sp³-hybridized carbons (Fsp3) is 0.409. The van der Waals surface area contributed by atoms with E-state index in [-0.39, 0.29) is 17.9 Å². The number of benzene rings is 1. The van der Waals surface area contributed by atoms with Gasteiger partial charge in [-0.05, 0) is 75.2 Å². The first-order valence-corrected chi connectivity index (χ1v) is 10.9. The highest BCUT2D eigenvalue weighted by atomic mass is 32.2. The highest BCUT2D eigenvalue weighted by Gasteiger charge is 2.40. The van der Waals surface area contributed by atoms with Crippen LogP contribution in [0.2, 0.25) is 0 Å². The monoisotopic (exact) mass is 410 g/mol. The molecule has 1 aromatic carbocycles. The van der Waals surface area contributed by atoms with Gasteiger partial charge in [0.25, 0.3) is 5.91 Å². The number of nitrogens with zero attached hydrogens (tertiary/aromatic N) is 2. The number of amides is 2. The lowest BCUT2D eigenvalue weighted by molar-refractivity contribution is -0.114. The van der Waals surface area contributed by atoms with Gasteiger partial charge in [0.1, 0.15) is 5.82 Å². The van der Waals surface area contributed by atoms with Crippen LogP contribution in [0.15, 0.2) is 52.4 Å². The summed E-state index contributed by atoms with van der Waals surface area (Å²) in [6.07, 6.45) is 4.03. The van der Waals surface area contributed by atoms with E-state index in [0.717, 1.165) is 22.9 Å². The Balaban J connectivity index is 1.39. The SMILES string of the molecule is CC(=O)Nc1cc(Sc2ccc(C(=O)N[C@@H]3C4CCN(CC4)[C@@H]3C)cc2)ccn1. The first kappa shape index (κ1) is 19.9. The summed E-state index contributed by atoms with van der Waals surface area (Å²) in [4.78, 5) is 32.6. The summed E-state index contributed by atoms with van der Waals surface area (Å²) in [5, 5.41) is 5.96. The number of piperidine rings is 3. The fourth-order valence-electron chi connectivity index (χ4n) is 4.31. The third kappa shape index (κ3) is 4.62. The van der Waals surface area contributed by atoms with Crippen LogP contribution in [0.25, 0.3) is 0 Å². The maximum absolute atomic E-state index is 12.8. The minimum Gasteiger partial charge on any atom is -0.347 e. The van der Waals surface area contributed by atoms with E-state index in [9.17, 15) is 9.59 Å². The summed E-state index contributed by atoms with van der Waals surface area (Å²) in [7, 11) is 0. The molecule has 29 heavy (non-hydrogen) atoms. The van der Waals surface area contributed by atoms with Crippen LogP contribution >= 0.6 is 11.8 Å². The molecule has 2 bridgehead atoms. The Morgan fingerprint density at radius 1 is 1.10 bits per heavy atom. The molecule has 6 nitrogen and oxygen atoms in total. The summed E-state index contributed by atoms with van der Waals surface area (Å²) >= 11 is 1.57. The van der Waals surface area contributed by atoms with Crippen molar-refractivity contribution >= 4 is 29.4 Å². The minimum atomic E-state index is -0.146. The molecule has 0 unspecified atom stereocenters. The van der Waals surface area contributed by atoms with E-state index < -0.39 is 0 Å². The largest absolute Gasteiger partial charge is 0.347 e. The number of hydrogen-bond donors (Lipinski definition) is 2. The molecule has 0 radical (unpaired) electrons. The number of carbonyl (C=O) groups is 2. The molecule has 7 heteroatoms. The number of anilines is 1. The fourth-order valence-corrected chi connectivity index (χ4v) is 5.16. The lowest BCUT2D eigenvalue weighted by Gasteiger charge is -2.49. The third-order valence-electron chi connectivity index (χ3n) is 5.86. The number of aromatic nitrogens is 1. The predicted octanol–water partition coefficient (Wildman–Crippen LogP) is 3.40. The molecule has 152 valence electrons. The van der Waals surface area contributed by atoms with Crippen molar-refractivity contribution < 1.29 is 9.59 Å². The lowest BCUT2D eigenvalue weighted by Crippen LogP contribution is -2.62. The van der Waals surface area contributed by atoms with Gasteiger partial charge in [-0.25, -0.2) is 4.98 Å². The number of pyridine rings is 1. The highest BCUT2D eigenvalue weighted by Crippen LogP contribution is 2.32. The molecule has 0 aliphatic carbocycles. The summed E-state index contributed by atoms with van der Waals surface area (Å²) < 4.78 is 0. The van der Waals surface area contributed by atoms with Crippen LogP contribution in [-0.2, 0) is 4.79 Å². The minimum absolute atomic E-state index is 0.00371. The molecule has 3 aliphatic heterocycles. The summed E-state index contributed by atoms with van der Waals surface area (Å²) in [5.74, 6) is 0.986. The van der Waals surface area contributed by atoms with Crippen molar-refractivity contribution in [2.75, 3.05) is 18.4 Å². The van der Waals surface area contributed by atoms with Crippen LogP contribution in [0.1, 0.15) is 37.0 Å². The summed E-state index contributed by atoms with van der Waals surface area (Å²) in [6, 6.07) is 12.0. The molecule has 3 saturated heterocycles. The van der Waals surface area contributed by atoms with Crippen molar-refractivity contribution in [3.63, 3.8) is 0 Å².